The molecule has 0 bridgehead atoms. The predicted molar refractivity (Wildman–Crippen MR) is 103 cm³/mol. The summed E-state index contributed by atoms with van der Waals surface area (Å²) in [7, 11) is 1.94. The van der Waals surface area contributed by atoms with E-state index in [1.54, 1.807) is 6.20 Å². The molecule has 2 fully saturated rings. The molecule has 27 heavy (non-hydrogen) atoms. The number of carbonyl (C=O) groups excluding carboxylic acids is 1. The Morgan fingerprint density at radius 2 is 1.81 bits per heavy atom. The summed E-state index contributed by atoms with van der Waals surface area (Å²) >= 11 is 0. The van der Waals surface area contributed by atoms with E-state index in [4.69, 9.17) is 5.73 Å². The van der Waals surface area contributed by atoms with Gasteiger partial charge in [-0.1, -0.05) is 6.42 Å². The Bertz CT molecular complexity index is 787. The van der Waals surface area contributed by atoms with E-state index in [1.165, 1.54) is 6.42 Å². The number of anilines is 1. The van der Waals surface area contributed by atoms with Crippen LogP contribution in [0.1, 0.15) is 32.1 Å². The van der Waals surface area contributed by atoms with E-state index < -0.39 is 5.54 Å². The number of amides is 1. The van der Waals surface area contributed by atoms with Crippen LogP contribution in [0, 0.1) is 0 Å². The molecule has 8 heteroatoms. The molecule has 2 aromatic heterocycles. The second-order valence-corrected chi connectivity index (χ2v) is 7.57. The molecular weight excluding hydrogens is 342 g/mol. The molecule has 0 atom stereocenters. The highest BCUT2D eigenvalue weighted by Gasteiger charge is 2.45. The summed E-state index contributed by atoms with van der Waals surface area (Å²) in [5.41, 5.74) is 6.12. The number of carbonyl (C=O) groups is 1. The van der Waals surface area contributed by atoms with Gasteiger partial charge < -0.3 is 15.2 Å². The van der Waals surface area contributed by atoms with Crippen molar-refractivity contribution in [2.24, 2.45) is 12.8 Å². The van der Waals surface area contributed by atoms with Crippen molar-refractivity contribution in [3.63, 3.8) is 0 Å². The smallest absolute Gasteiger partial charge is 0.238 e. The molecule has 0 saturated carbocycles. The minimum Gasteiger partial charge on any atom is -0.368 e. The molecule has 2 N–H and O–H groups in total. The molecule has 4 rings (SSSR count). The number of aromatic nitrogens is 4. The van der Waals surface area contributed by atoms with Gasteiger partial charge >= 0.3 is 0 Å². The average Bonchev–Trinajstić information content (AvgIpc) is 3.14. The van der Waals surface area contributed by atoms with E-state index in [0.717, 1.165) is 69.2 Å². The summed E-state index contributed by atoms with van der Waals surface area (Å²) in [5, 5.41) is 8.74. The molecule has 2 aromatic rings. The lowest BCUT2D eigenvalue weighted by Crippen LogP contribution is -2.63. The monoisotopic (exact) mass is 369 g/mol. The van der Waals surface area contributed by atoms with Crippen molar-refractivity contribution in [3.8, 4) is 11.5 Å². The van der Waals surface area contributed by atoms with Crippen molar-refractivity contribution in [3.05, 3.63) is 24.5 Å². The molecule has 0 unspecified atom stereocenters. The molecule has 2 aliphatic heterocycles. The lowest BCUT2D eigenvalue weighted by molar-refractivity contribution is -0.132. The first kappa shape index (κ1) is 17.9. The van der Waals surface area contributed by atoms with E-state index in [1.807, 2.05) is 29.9 Å². The summed E-state index contributed by atoms with van der Waals surface area (Å²) < 4.78 is 1.92. The Hall–Kier alpha value is -2.48. The highest BCUT2D eigenvalue weighted by Crippen LogP contribution is 2.33. The maximum absolute atomic E-state index is 12.4. The number of hydrogen-bond acceptors (Lipinski definition) is 6. The van der Waals surface area contributed by atoms with Gasteiger partial charge in [0, 0.05) is 32.5 Å². The lowest BCUT2D eigenvalue weighted by Gasteiger charge is -2.48. The van der Waals surface area contributed by atoms with Crippen LogP contribution in [0.25, 0.3) is 11.5 Å². The van der Waals surface area contributed by atoms with Crippen molar-refractivity contribution in [2.45, 2.75) is 37.6 Å². The van der Waals surface area contributed by atoms with Crippen LogP contribution in [0.2, 0.25) is 0 Å². The fourth-order valence-corrected chi connectivity index (χ4v) is 4.37. The second kappa shape index (κ2) is 7.26. The van der Waals surface area contributed by atoms with Gasteiger partial charge in [-0.25, -0.2) is 4.98 Å². The Morgan fingerprint density at radius 1 is 1.07 bits per heavy atom. The van der Waals surface area contributed by atoms with Crippen molar-refractivity contribution >= 4 is 11.7 Å². The van der Waals surface area contributed by atoms with E-state index in [-0.39, 0.29) is 5.91 Å². The summed E-state index contributed by atoms with van der Waals surface area (Å²) in [5.74, 6) is 1.45. The Balaban J connectivity index is 1.46. The first-order valence-electron chi connectivity index (χ1n) is 9.71. The van der Waals surface area contributed by atoms with E-state index in [2.05, 4.69) is 25.0 Å². The highest BCUT2D eigenvalue weighted by molar-refractivity contribution is 5.85. The first-order chi connectivity index (χ1) is 13.1. The number of primary amides is 1. The van der Waals surface area contributed by atoms with Crippen LogP contribution in [0.3, 0.4) is 0 Å². The van der Waals surface area contributed by atoms with Crippen LogP contribution in [0.4, 0.5) is 5.82 Å². The number of nitrogens with two attached hydrogens (primary N) is 1. The van der Waals surface area contributed by atoms with Crippen LogP contribution in [0.15, 0.2) is 24.5 Å². The molecule has 8 nitrogen and oxygen atoms in total. The highest BCUT2D eigenvalue weighted by atomic mass is 16.1. The van der Waals surface area contributed by atoms with Gasteiger partial charge in [0.1, 0.15) is 11.2 Å². The third kappa shape index (κ3) is 3.29. The summed E-state index contributed by atoms with van der Waals surface area (Å²) in [6, 6.07) is 3.93. The molecule has 1 amide bonds. The normalized spacial score (nSPS) is 20.6. The van der Waals surface area contributed by atoms with Gasteiger partial charge in [-0.3, -0.25) is 9.69 Å². The predicted octanol–water partition coefficient (Wildman–Crippen LogP) is 1.19. The number of likely N-dealkylation sites (tertiary alicyclic amines) is 1. The third-order valence-corrected chi connectivity index (χ3v) is 6.04. The number of piperidine rings is 2. The fraction of sp³-hybridized carbons (Fsp3) is 0.579. The molecule has 2 saturated heterocycles. The maximum Gasteiger partial charge on any atom is 0.238 e. The van der Waals surface area contributed by atoms with Crippen molar-refractivity contribution in [2.75, 3.05) is 31.1 Å². The SMILES string of the molecule is Cn1ccnc1-c1ccc(N2CCC(C(N)=O)(N3CCCCC3)CC2)nn1. The van der Waals surface area contributed by atoms with Gasteiger partial charge in [0.15, 0.2) is 11.6 Å². The topological polar surface area (TPSA) is 93.2 Å². The van der Waals surface area contributed by atoms with E-state index in [9.17, 15) is 4.79 Å². The van der Waals surface area contributed by atoms with Gasteiger partial charge in [-0.2, -0.15) is 0 Å². The zero-order valence-electron chi connectivity index (χ0n) is 15.8. The van der Waals surface area contributed by atoms with Gasteiger partial charge in [0.2, 0.25) is 5.91 Å². The van der Waals surface area contributed by atoms with Gasteiger partial charge in [-0.05, 0) is 50.9 Å². The first-order valence-corrected chi connectivity index (χ1v) is 9.71. The Morgan fingerprint density at radius 3 is 2.37 bits per heavy atom. The summed E-state index contributed by atoms with van der Waals surface area (Å²) in [6.07, 6.45) is 8.67. The zero-order valence-corrected chi connectivity index (χ0v) is 15.8. The number of hydrogen-bond donors (Lipinski definition) is 1. The van der Waals surface area contributed by atoms with Crippen LogP contribution < -0.4 is 10.6 Å². The molecule has 0 radical (unpaired) electrons. The van der Waals surface area contributed by atoms with Crippen LogP contribution in [0.5, 0.6) is 0 Å². The Labute approximate surface area is 159 Å². The molecule has 0 aromatic carbocycles. The number of aryl methyl sites for hydroxylation is 1. The summed E-state index contributed by atoms with van der Waals surface area (Å²) in [6.45, 7) is 3.47. The molecule has 144 valence electrons. The average molecular weight is 369 g/mol. The Kier molecular flexibility index (Phi) is 4.82. The largest absolute Gasteiger partial charge is 0.368 e. The van der Waals surface area contributed by atoms with Gasteiger partial charge in [0.25, 0.3) is 0 Å². The number of rotatable bonds is 4. The van der Waals surface area contributed by atoms with Crippen LogP contribution >= 0.6 is 0 Å². The van der Waals surface area contributed by atoms with Gasteiger partial charge in [0.05, 0.1) is 0 Å². The minimum atomic E-state index is -0.503. The maximum atomic E-state index is 12.4. The third-order valence-electron chi connectivity index (χ3n) is 6.04. The van der Waals surface area contributed by atoms with Crippen LogP contribution in [-0.4, -0.2) is 62.3 Å². The minimum absolute atomic E-state index is 0.180. The van der Waals surface area contributed by atoms with Gasteiger partial charge in [-0.15, -0.1) is 10.2 Å². The summed E-state index contributed by atoms with van der Waals surface area (Å²) in [4.78, 5) is 21.2. The molecule has 0 spiro atoms. The molecule has 2 aliphatic rings. The number of nitrogens with zero attached hydrogens (tertiary/aromatic N) is 6. The fourth-order valence-electron chi connectivity index (χ4n) is 4.37. The number of imidazole rings is 1. The van der Waals surface area contributed by atoms with E-state index >= 15 is 0 Å². The second-order valence-electron chi connectivity index (χ2n) is 7.57. The standard InChI is InChI=1S/C19H27N7O/c1-24-14-9-21-17(24)15-5-6-16(23-22-15)25-12-7-19(8-13-25,18(20)27)26-10-3-2-4-11-26/h5-6,9,14H,2-4,7-8,10-13H2,1H3,(H2,20,27). The van der Waals surface area contributed by atoms with Crippen molar-refractivity contribution in [1.82, 2.24) is 24.6 Å². The molecular formula is C19H27N7O. The molecule has 4 heterocycles. The van der Waals surface area contributed by atoms with E-state index in [0.29, 0.717) is 0 Å². The van der Waals surface area contributed by atoms with Crippen molar-refractivity contribution < 1.29 is 4.79 Å². The lowest BCUT2D eigenvalue weighted by atomic mass is 9.83. The molecule has 0 aliphatic carbocycles. The van der Waals surface area contributed by atoms with Crippen LogP contribution in [-0.2, 0) is 11.8 Å². The van der Waals surface area contributed by atoms with Crippen molar-refractivity contribution in [1.29, 1.82) is 0 Å². The quantitative estimate of drug-likeness (QED) is 0.870. The zero-order chi connectivity index (χ0) is 18.9.